The molecule has 1 N–H and O–H groups in total. The molecule has 4 nitrogen and oxygen atoms in total. The Hall–Kier alpha value is -1.42. The fourth-order valence-electron chi connectivity index (χ4n) is 3.08. The maximum atomic E-state index is 10.2. The summed E-state index contributed by atoms with van der Waals surface area (Å²) in [6.07, 6.45) is 2.65. The van der Waals surface area contributed by atoms with Gasteiger partial charge in [-0.3, -0.25) is 0 Å². The summed E-state index contributed by atoms with van der Waals surface area (Å²) in [7, 11) is 3.23. The lowest BCUT2D eigenvalue weighted by Crippen LogP contribution is -2.33. The molecule has 1 heterocycles. The highest BCUT2D eigenvalue weighted by Gasteiger charge is 2.42. The van der Waals surface area contributed by atoms with E-state index < -0.39 is 0 Å². The van der Waals surface area contributed by atoms with Crippen LogP contribution in [0, 0.1) is 0 Å². The van der Waals surface area contributed by atoms with Crippen LogP contribution >= 0.6 is 0 Å². The van der Waals surface area contributed by atoms with Crippen molar-refractivity contribution >= 4 is 0 Å². The average Bonchev–Trinajstić information content (AvgIpc) is 2.75. The van der Waals surface area contributed by atoms with E-state index in [4.69, 9.17) is 14.2 Å². The molecule has 1 fully saturated rings. The highest BCUT2D eigenvalue weighted by atomic mass is 16.5. The van der Waals surface area contributed by atoms with Gasteiger partial charge in [0.25, 0.3) is 0 Å². The van der Waals surface area contributed by atoms with Crippen LogP contribution in [0.5, 0.6) is 17.2 Å². The van der Waals surface area contributed by atoms with Gasteiger partial charge in [0, 0.05) is 11.6 Å². The molecular weight excluding hydrogens is 232 g/mol. The van der Waals surface area contributed by atoms with Crippen LogP contribution in [0.15, 0.2) is 12.1 Å². The molecule has 1 aliphatic heterocycles. The molecule has 1 aromatic carbocycles. The van der Waals surface area contributed by atoms with E-state index in [1.54, 1.807) is 14.2 Å². The van der Waals surface area contributed by atoms with E-state index in [9.17, 15) is 5.11 Å². The van der Waals surface area contributed by atoms with Gasteiger partial charge in [-0.15, -0.1) is 0 Å². The zero-order valence-electron chi connectivity index (χ0n) is 10.7. The van der Waals surface area contributed by atoms with Crippen molar-refractivity contribution in [3.63, 3.8) is 0 Å². The van der Waals surface area contributed by atoms with Crippen molar-refractivity contribution in [3.05, 3.63) is 17.7 Å². The molecule has 0 bridgehead atoms. The summed E-state index contributed by atoms with van der Waals surface area (Å²) in [6, 6.07) is 3.80. The minimum atomic E-state index is -0.317. The number of hydrogen-bond donors (Lipinski definition) is 1. The van der Waals surface area contributed by atoms with E-state index in [0.29, 0.717) is 11.5 Å². The Kier molecular flexibility index (Phi) is 2.82. The van der Waals surface area contributed by atoms with Crippen molar-refractivity contribution < 1.29 is 19.3 Å². The van der Waals surface area contributed by atoms with Crippen molar-refractivity contribution in [2.75, 3.05) is 14.2 Å². The normalized spacial score (nSPS) is 29.2. The molecule has 0 saturated heterocycles. The Morgan fingerprint density at radius 1 is 1.17 bits per heavy atom. The molecule has 1 aliphatic carbocycles. The van der Waals surface area contributed by atoms with Gasteiger partial charge in [-0.1, -0.05) is 0 Å². The Bertz CT molecular complexity index is 457. The predicted molar refractivity (Wildman–Crippen MR) is 66.6 cm³/mol. The SMILES string of the molecule is COc1cc2c(cc1OC)C1C(O)CCCC1O2. The highest BCUT2D eigenvalue weighted by molar-refractivity contribution is 5.54. The fourth-order valence-corrected chi connectivity index (χ4v) is 3.08. The number of rotatable bonds is 2. The highest BCUT2D eigenvalue weighted by Crippen LogP contribution is 2.49. The second kappa shape index (κ2) is 4.35. The first kappa shape index (κ1) is 11.7. The number of benzene rings is 1. The van der Waals surface area contributed by atoms with Crippen molar-refractivity contribution in [2.45, 2.75) is 37.4 Å². The van der Waals surface area contributed by atoms with Crippen LogP contribution in [0.3, 0.4) is 0 Å². The second-order valence-corrected chi connectivity index (χ2v) is 4.93. The quantitative estimate of drug-likeness (QED) is 0.873. The maximum absolute atomic E-state index is 10.2. The molecule has 0 radical (unpaired) electrons. The molecule has 98 valence electrons. The number of ether oxygens (including phenoxy) is 3. The fraction of sp³-hybridized carbons (Fsp3) is 0.571. The van der Waals surface area contributed by atoms with Gasteiger partial charge in [-0.2, -0.15) is 0 Å². The Balaban J connectivity index is 2.04. The van der Waals surface area contributed by atoms with Gasteiger partial charge in [0.1, 0.15) is 11.9 Å². The van der Waals surface area contributed by atoms with Crippen LogP contribution in [-0.2, 0) is 0 Å². The maximum Gasteiger partial charge on any atom is 0.164 e. The molecule has 0 amide bonds. The van der Waals surface area contributed by atoms with Crippen LogP contribution in [0.1, 0.15) is 30.7 Å². The lowest BCUT2D eigenvalue weighted by Gasteiger charge is -2.29. The van der Waals surface area contributed by atoms with E-state index >= 15 is 0 Å². The first-order valence-electron chi connectivity index (χ1n) is 6.35. The number of methoxy groups -OCH3 is 2. The van der Waals surface area contributed by atoms with Gasteiger partial charge >= 0.3 is 0 Å². The minimum absolute atomic E-state index is 0.0774. The van der Waals surface area contributed by atoms with E-state index in [2.05, 4.69) is 0 Å². The van der Waals surface area contributed by atoms with Crippen molar-refractivity contribution in [3.8, 4) is 17.2 Å². The molecule has 1 aromatic rings. The van der Waals surface area contributed by atoms with Crippen LogP contribution in [0.25, 0.3) is 0 Å². The van der Waals surface area contributed by atoms with Gasteiger partial charge < -0.3 is 19.3 Å². The van der Waals surface area contributed by atoms with E-state index in [1.807, 2.05) is 12.1 Å². The number of aliphatic hydroxyl groups excluding tert-OH is 1. The summed E-state index contributed by atoms with van der Waals surface area (Å²) in [5, 5.41) is 10.2. The third-order valence-corrected chi connectivity index (χ3v) is 3.96. The van der Waals surface area contributed by atoms with E-state index in [0.717, 1.165) is 30.6 Å². The summed E-state index contributed by atoms with van der Waals surface area (Å²) in [6.45, 7) is 0. The average molecular weight is 250 g/mol. The van der Waals surface area contributed by atoms with Crippen molar-refractivity contribution in [2.24, 2.45) is 0 Å². The zero-order valence-corrected chi connectivity index (χ0v) is 10.7. The van der Waals surface area contributed by atoms with Crippen molar-refractivity contribution in [1.82, 2.24) is 0 Å². The first-order chi connectivity index (χ1) is 8.74. The summed E-state index contributed by atoms with van der Waals surface area (Å²) < 4.78 is 16.5. The molecule has 0 spiro atoms. The first-order valence-corrected chi connectivity index (χ1v) is 6.35. The summed E-state index contributed by atoms with van der Waals surface area (Å²) in [4.78, 5) is 0. The molecule has 1 saturated carbocycles. The lowest BCUT2D eigenvalue weighted by atomic mass is 9.81. The van der Waals surface area contributed by atoms with Crippen LogP contribution < -0.4 is 14.2 Å². The Morgan fingerprint density at radius 3 is 2.61 bits per heavy atom. The van der Waals surface area contributed by atoms with Gasteiger partial charge in [-0.05, 0) is 25.3 Å². The molecule has 2 aliphatic rings. The van der Waals surface area contributed by atoms with Gasteiger partial charge in [0.15, 0.2) is 11.5 Å². The Labute approximate surface area is 106 Å². The smallest absolute Gasteiger partial charge is 0.164 e. The zero-order chi connectivity index (χ0) is 12.7. The molecule has 3 atom stereocenters. The predicted octanol–water partition coefficient (Wildman–Crippen LogP) is 2.09. The summed E-state index contributed by atoms with van der Waals surface area (Å²) in [5.74, 6) is 2.26. The number of fused-ring (bicyclic) bond motifs is 3. The van der Waals surface area contributed by atoms with Crippen LogP contribution in [0.2, 0.25) is 0 Å². The van der Waals surface area contributed by atoms with Crippen LogP contribution in [0.4, 0.5) is 0 Å². The second-order valence-electron chi connectivity index (χ2n) is 4.93. The number of hydrogen-bond acceptors (Lipinski definition) is 4. The largest absolute Gasteiger partial charge is 0.493 e. The summed E-state index contributed by atoms with van der Waals surface area (Å²) >= 11 is 0. The van der Waals surface area contributed by atoms with Gasteiger partial charge in [0.2, 0.25) is 0 Å². The molecule has 3 unspecified atom stereocenters. The van der Waals surface area contributed by atoms with Gasteiger partial charge in [0.05, 0.1) is 26.2 Å². The minimum Gasteiger partial charge on any atom is -0.493 e. The third kappa shape index (κ3) is 1.63. The lowest BCUT2D eigenvalue weighted by molar-refractivity contribution is 0.0479. The molecule has 0 aromatic heterocycles. The Morgan fingerprint density at radius 2 is 1.89 bits per heavy atom. The van der Waals surface area contributed by atoms with E-state index in [1.165, 1.54) is 0 Å². The summed E-state index contributed by atoms with van der Waals surface area (Å²) in [5.41, 5.74) is 1.05. The van der Waals surface area contributed by atoms with E-state index in [-0.39, 0.29) is 18.1 Å². The standard InChI is InChI=1S/C14H18O4/c1-16-12-6-8-11(7-13(12)17-2)18-10-5-3-4-9(15)14(8)10/h6-7,9-10,14-15H,3-5H2,1-2H3. The third-order valence-electron chi connectivity index (χ3n) is 3.96. The topological polar surface area (TPSA) is 47.9 Å². The molecule has 18 heavy (non-hydrogen) atoms. The van der Waals surface area contributed by atoms with Gasteiger partial charge in [-0.25, -0.2) is 0 Å². The van der Waals surface area contributed by atoms with Crippen molar-refractivity contribution in [1.29, 1.82) is 0 Å². The van der Waals surface area contributed by atoms with Crippen LogP contribution in [-0.4, -0.2) is 31.5 Å². The molecule has 4 heteroatoms. The number of aliphatic hydroxyl groups is 1. The molecular formula is C14H18O4. The monoisotopic (exact) mass is 250 g/mol. The molecule has 3 rings (SSSR count).